The number of aliphatic hydroxyl groups is 1. The maximum absolute atomic E-state index is 9.88. The second-order valence-electron chi connectivity index (χ2n) is 5.33. The predicted molar refractivity (Wildman–Crippen MR) is 87.2 cm³/mol. The molecule has 1 unspecified atom stereocenters. The quantitative estimate of drug-likeness (QED) is 0.744. The third kappa shape index (κ3) is 5.80. The van der Waals surface area contributed by atoms with Crippen LogP contribution in [0.15, 0.2) is 38.2 Å². The zero-order valence-corrected chi connectivity index (χ0v) is 14.5. The average molecular weight is 371 g/mol. The van der Waals surface area contributed by atoms with Crippen molar-refractivity contribution in [2.24, 2.45) is 5.92 Å². The minimum absolute atomic E-state index is 0.419. The molecule has 4 nitrogen and oxygen atoms in total. The van der Waals surface area contributed by atoms with Crippen molar-refractivity contribution in [1.29, 1.82) is 0 Å². The van der Waals surface area contributed by atoms with Gasteiger partial charge in [-0.15, -0.1) is 11.8 Å². The van der Waals surface area contributed by atoms with E-state index in [1.807, 2.05) is 24.3 Å². The SMILES string of the molecule is CC(C)CC(O)Cc1nc(CSc2ccc(Br)cc2)no1. The molecule has 0 spiro atoms. The number of hydrogen-bond acceptors (Lipinski definition) is 5. The van der Waals surface area contributed by atoms with Gasteiger partial charge in [-0.05, 0) is 36.6 Å². The van der Waals surface area contributed by atoms with Crippen LogP contribution < -0.4 is 0 Å². The molecule has 1 atom stereocenters. The highest BCUT2D eigenvalue weighted by molar-refractivity contribution is 9.10. The highest BCUT2D eigenvalue weighted by Crippen LogP contribution is 2.23. The van der Waals surface area contributed by atoms with E-state index in [0.717, 1.165) is 15.8 Å². The second-order valence-corrected chi connectivity index (χ2v) is 7.30. The standard InChI is InChI=1S/C15H19BrN2O2S/c1-10(2)7-12(19)8-15-17-14(18-20-15)9-21-13-5-3-11(16)4-6-13/h3-6,10,12,19H,7-9H2,1-2H3. The van der Waals surface area contributed by atoms with Crippen molar-refractivity contribution in [3.05, 3.63) is 40.5 Å². The van der Waals surface area contributed by atoms with Crippen molar-refractivity contribution in [3.8, 4) is 0 Å². The summed E-state index contributed by atoms with van der Waals surface area (Å²) >= 11 is 5.07. The van der Waals surface area contributed by atoms with E-state index in [1.54, 1.807) is 11.8 Å². The summed E-state index contributed by atoms with van der Waals surface area (Å²) in [6.45, 7) is 4.16. The van der Waals surface area contributed by atoms with E-state index >= 15 is 0 Å². The summed E-state index contributed by atoms with van der Waals surface area (Å²) in [6.07, 6.45) is 0.747. The van der Waals surface area contributed by atoms with E-state index < -0.39 is 6.10 Å². The Balaban J connectivity index is 1.84. The van der Waals surface area contributed by atoms with Crippen molar-refractivity contribution in [1.82, 2.24) is 10.1 Å². The number of aromatic nitrogens is 2. The minimum Gasteiger partial charge on any atom is -0.393 e. The zero-order chi connectivity index (χ0) is 15.2. The number of rotatable bonds is 7. The van der Waals surface area contributed by atoms with Gasteiger partial charge in [0.15, 0.2) is 5.82 Å². The van der Waals surface area contributed by atoms with Crippen molar-refractivity contribution in [2.45, 2.75) is 43.4 Å². The second kappa shape index (κ2) is 7.96. The van der Waals surface area contributed by atoms with Gasteiger partial charge in [0.05, 0.1) is 18.3 Å². The molecule has 114 valence electrons. The Morgan fingerprint density at radius 3 is 2.67 bits per heavy atom. The van der Waals surface area contributed by atoms with E-state index in [2.05, 4.69) is 39.9 Å². The molecule has 0 aliphatic carbocycles. The lowest BCUT2D eigenvalue weighted by Gasteiger charge is -2.09. The lowest BCUT2D eigenvalue weighted by molar-refractivity contribution is 0.138. The van der Waals surface area contributed by atoms with Gasteiger partial charge in [0.2, 0.25) is 5.89 Å². The van der Waals surface area contributed by atoms with Crippen LogP contribution >= 0.6 is 27.7 Å². The summed E-state index contributed by atoms with van der Waals surface area (Å²) in [5.41, 5.74) is 0. The van der Waals surface area contributed by atoms with Crippen LogP contribution in [0.4, 0.5) is 0 Å². The summed E-state index contributed by atoms with van der Waals surface area (Å²) < 4.78 is 6.25. The van der Waals surface area contributed by atoms with Crippen LogP contribution in [0.3, 0.4) is 0 Å². The molecule has 0 bridgehead atoms. The van der Waals surface area contributed by atoms with E-state index in [4.69, 9.17) is 4.52 Å². The van der Waals surface area contributed by atoms with Gasteiger partial charge in [0, 0.05) is 9.37 Å². The molecular weight excluding hydrogens is 352 g/mol. The molecule has 2 aromatic rings. The van der Waals surface area contributed by atoms with Crippen LogP contribution in [0.2, 0.25) is 0 Å². The number of hydrogen-bond donors (Lipinski definition) is 1. The maximum atomic E-state index is 9.88. The molecule has 0 aliphatic heterocycles. The van der Waals surface area contributed by atoms with Crippen molar-refractivity contribution >= 4 is 27.7 Å². The first-order valence-corrected chi connectivity index (χ1v) is 8.68. The number of halogens is 1. The van der Waals surface area contributed by atoms with Gasteiger partial charge < -0.3 is 9.63 Å². The average Bonchev–Trinajstić information content (AvgIpc) is 2.84. The summed E-state index contributed by atoms with van der Waals surface area (Å²) in [7, 11) is 0. The Morgan fingerprint density at radius 1 is 1.29 bits per heavy atom. The molecule has 6 heteroatoms. The molecule has 0 saturated carbocycles. The Bertz CT molecular complexity index is 557. The smallest absolute Gasteiger partial charge is 0.229 e. The molecule has 2 rings (SSSR count). The van der Waals surface area contributed by atoms with Crippen molar-refractivity contribution < 1.29 is 9.63 Å². The molecule has 0 fully saturated rings. The van der Waals surface area contributed by atoms with Crippen LogP contribution in [0.25, 0.3) is 0 Å². The number of nitrogens with zero attached hydrogens (tertiary/aromatic N) is 2. The third-order valence-electron chi connectivity index (χ3n) is 2.85. The Labute approximate surface area is 137 Å². The van der Waals surface area contributed by atoms with Crippen LogP contribution in [0.1, 0.15) is 32.0 Å². The third-order valence-corrected chi connectivity index (χ3v) is 4.38. The summed E-state index contributed by atoms with van der Waals surface area (Å²) in [6, 6.07) is 8.10. The number of benzene rings is 1. The number of thioether (sulfide) groups is 1. The molecule has 0 amide bonds. The molecule has 1 aromatic heterocycles. The first kappa shape index (κ1) is 16.5. The highest BCUT2D eigenvalue weighted by Gasteiger charge is 2.13. The van der Waals surface area contributed by atoms with E-state index in [9.17, 15) is 5.11 Å². The summed E-state index contributed by atoms with van der Waals surface area (Å²) in [5.74, 6) is 2.28. The largest absolute Gasteiger partial charge is 0.393 e. The summed E-state index contributed by atoms with van der Waals surface area (Å²) in [4.78, 5) is 5.48. The van der Waals surface area contributed by atoms with Crippen molar-refractivity contribution in [3.63, 3.8) is 0 Å². The van der Waals surface area contributed by atoms with Gasteiger partial charge in [0.25, 0.3) is 0 Å². The van der Waals surface area contributed by atoms with Crippen LogP contribution in [0.5, 0.6) is 0 Å². The fourth-order valence-electron chi connectivity index (χ4n) is 1.94. The minimum atomic E-state index is -0.419. The van der Waals surface area contributed by atoms with Gasteiger partial charge in [-0.2, -0.15) is 4.98 Å². The van der Waals surface area contributed by atoms with Crippen LogP contribution in [-0.2, 0) is 12.2 Å². The lowest BCUT2D eigenvalue weighted by atomic mass is 10.0. The monoisotopic (exact) mass is 370 g/mol. The molecule has 1 aromatic carbocycles. The fraction of sp³-hybridized carbons (Fsp3) is 0.467. The Morgan fingerprint density at radius 2 is 2.00 bits per heavy atom. The van der Waals surface area contributed by atoms with E-state index in [-0.39, 0.29) is 0 Å². The van der Waals surface area contributed by atoms with Gasteiger partial charge in [-0.25, -0.2) is 0 Å². The predicted octanol–water partition coefficient (Wildman–Crippen LogP) is 4.07. The fourth-order valence-corrected chi connectivity index (χ4v) is 2.95. The molecular formula is C15H19BrN2O2S. The van der Waals surface area contributed by atoms with Crippen LogP contribution in [-0.4, -0.2) is 21.4 Å². The first-order valence-electron chi connectivity index (χ1n) is 6.91. The lowest BCUT2D eigenvalue weighted by Crippen LogP contribution is -2.13. The Hall–Kier alpha value is -0.850. The zero-order valence-electron chi connectivity index (χ0n) is 12.1. The van der Waals surface area contributed by atoms with E-state index in [0.29, 0.717) is 29.8 Å². The van der Waals surface area contributed by atoms with Crippen LogP contribution in [0, 0.1) is 5.92 Å². The van der Waals surface area contributed by atoms with Gasteiger partial charge in [-0.1, -0.05) is 34.9 Å². The highest BCUT2D eigenvalue weighted by atomic mass is 79.9. The number of aliphatic hydroxyl groups excluding tert-OH is 1. The molecule has 1 N–H and O–H groups in total. The normalized spacial score (nSPS) is 12.8. The molecule has 0 radical (unpaired) electrons. The molecule has 21 heavy (non-hydrogen) atoms. The first-order chi connectivity index (χ1) is 10.0. The maximum Gasteiger partial charge on any atom is 0.229 e. The molecule has 0 saturated heterocycles. The molecule has 1 heterocycles. The van der Waals surface area contributed by atoms with Crippen molar-refractivity contribution in [2.75, 3.05) is 0 Å². The van der Waals surface area contributed by atoms with Gasteiger partial charge in [0.1, 0.15) is 0 Å². The molecule has 0 aliphatic rings. The van der Waals surface area contributed by atoms with Gasteiger partial charge in [-0.3, -0.25) is 0 Å². The Kier molecular flexibility index (Phi) is 6.26. The topological polar surface area (TPSA) is 59.2 Å². The summed E-state index contributed by atoms with van der Waals surface area (Å²) in [5, 5.41) is 13.8. The van der Waals surface area contributed by atoms with E-state index in [1.165, 1.54) is 0 Å². The van der Waals surface area contributed by atoms with Gasteiger partial charge >= 0.3 is 0 Å².